The van der Waals surface area contributed by atoms with Crippen LogP contribution < -0.4 is 11.0 Å². The molecule has 1 aliphatic rings. The van der Waals surface area contributed by atoms with E-state index in [1.165, 1.54) is 11.1 Å². The fourth-order valence-electron chi connectivity index (χ4n) is 3.51. The Labute approximate surface area is 190 Å². The molecule has 1 N–H and O–H groups in total. The van der Waals surface area contributed by atoms with Crippen LogP contribution in [0.1, 0.15) is 43.1 Å². The molecule has 2 heterocycles. The number of aryl methyl sites for hydroxylation is 3. The molecule has 29 heavy (non-hydrogen) atoms. The van der Waals surface area contributed by atoms with Crippen molar-refractivity contribution in [3.05, 3.63) is 51.7 Å². The van der Waals surface area contributed by atoms with Gasteiger partial charge in [-0.05, 0) is 38.7 Å². The Morgan fingerprint density at radius 2 is 2.03 bits per heavy atom. The molecule has 1 aliphatic heterocycles. The number of aliphatic imine (C=N–C) groups is 1. The number of aromatic nitrogens is 3. The lowest BCUT2D eigenvalue weighted by atomic mass is 10.1. The predicted octanol–water partition coefficient (Wildman–Crippen LogP) is 2.80. The molecule has 7 nitrogen and oxygen atoms in total. The zero-order chi connectivity index (χ0) is 19.9. The third-order valence-electron chi connectivity index (χ3n) is 5.06. The fourth-order valence-corrected chi connectivity index (χ4v) is 3.51. The van der Waals surface area contributed by atoms with Crippen molar-refractivity contribution in [1.82, 2.24) is 24.6 Å². The summed E-state index contributed by atoms with van der Waals surface area (Å²) < 4.78 is 3.44. The molecule has 2 aromatic rings. The monoisotopic (exact) mass is 512 g/mol. The van der Waals surface area contributed by atoms with E-state index in [0.717, 1.165) is 57.1 Å². The maximum absolute atomic E-state index is 12.4. The molecular weight excluding hydrogens is 479 g/mol. The third-order valence-corrected chi connectivity index (χ3v) is 5.06. The Morgan fingerprint density at radius 3 is 2.72 bits per heavy atom. The van der Waals surface area contributed by atoms with Gasteiger partial charge in [0.2, 0.25) is 0 Å². The standard InChI is InChI=1S/C21H32N6O.HI/c1-4-22-20(25(3)16-18-11-9-17(2)10-12-18)23-13-7-15-27-21(28)26-14-6-5-8-19(26)24-27;/h9-12H,4-8,13-16H2,1-3H3,(H,22,23);1H. The van der Waals surface area contributed by atoms with Crippen molar-refractivity contribution < 1.29 is 0 Å². The summed E-state index contributed by atoms with van der Waals surface area (Å²) in [5.74, 6) is 1.82. The lowest BCUT2D eigenvalue weighted by Gasteiger charge is -2.22. The summed E-state index contributed by atoms with van der Waals surface area (Å²) in [5, 5.41) is 7.85. The summed E-state index contributed by atoms with van der Waals surface area (Å²) in [5.41, 5.74) is 2.55. The third kappa shape index (κ3) is 6.32. The van der Waals surface area contributed by atoms with Gasteiger partial charge in [-0.15, -0.1) is 24.0 Å². The SMILES string of the molecule is CCNC(=NCCCn1nc2n(c1=O)CCCC2)N(C)Cc1ccc(C)cc1.I. The van der Waals surface area contributed by atoms with Crippen LogP contribution in [0.15, 0.2) is 34.1 Å². The molecule has 0 saturated heterocycles. The largest absolute Gasteiger partial charge is 0.357 e. The van der Waals surface area contributed by atoms with Crippen LogP contribution >= 0.6 is 24.0 Å². The van der Waals surface area contributed by atoms with Gasteiger partial charge in [0, 0.05) is 46.2 Å². The number of nitrogens with one attached hydrogen (secondary N) is 1. The molecule has 8 heteroatoms. The Morgan fingerprint density at radius 1 is 1.28 bits per heavy atom. The second kappa shape index (κ2) is 11.4. The van der Waals surface area contributed by atoms with Gasteiger partial charge >= 0.3 is 5.69 Å². The van der Waals surface area contributed by atoms with Gasteiger partial charge in [0.15, 0.2) is 5.96 Å². The van der Waals surface area contributed by atoms with Gasteiger partial charge in [-0.1, -0.05) is 29.8 Å². The molecule has 0 aliphatic carbocycles. The summed E-state index contributed by atoms with van der Waals surface area (Å²) in [6, 6.07) is 8.58. The molecule has 1 aromatic heterocycles. The van der Waals surface area contributed by atoms with E-state index in [1.54, 1.807) is 4.68 Å². The number of nitrogens with zero attached hydrogens (tertiary/aromatic N) is 5. The van der Waals surface area contributed by atoms with Crippen LogP contribution in [0.5, 0.6) is 0 Å². The lowest BCUT2D eigenvalue weighted by Crippen LogP contribution is -2.38. The molecule has 0 atom stereocenters. The van der Waals surface area contributed by atoms with Crippen molar-refractivity contribution in [2.75, 3.05) is 20.1 Å². The maximum atomic E-state index is 12.4. The van der Waals surface area contributed by atoms with Gasteiger partial charge in [0.05, 0.1) is 0 Å². The zero-order valence-corrected chi connectivity index (χ0v) is 20.1. The van der Waals surface area contributed by atoms with Crippen LogP contribution in [0.4, 0.5) is 0 Å². The van der Waals surface area contributed by atoms with Crippen molar-refractivity contribution >= 4 is 29.9 Å². The number of hydrogen-bond acceptors (Lipinski definition) is 3. The molecule has 160 valence electrons. The van der Waals surface area contributed by atoms with Gasteiger partial charge in [-0.2, -0.15) is 5.10 Å². The molecule has 0 fully saturated rings. The molecule has 0 radical (unpaired) electrons. The smallest absolute Gasteiger partial charge is 0.345 e. The van der Waals surface area contributed by atoms with E-state index in [-0.39, 0.29) is 29.7 Å². The number of halogens is 1. The van der Waals surface area contributed by atoms with Crippen molar-refractivity contribution in [3.63, 3.8) is 0 Å². The normalized spacial score (nSPS) is 13.6. The van der Waals surface area contributed by atoms with Crippen LogP contribution in [0.3, 0.4) is 0 Å². The first-order chi connectivity index (χ1) is 13.6. The van der Waals surface area contributed by atoms with Gasteiger partial charge in [-0.3, -0.25) is 9.56 Å². The average molecular weight is 512 g/mol. The summed E-state index contributed by atoms with van der Waals surface area (Å²) in [4.78, 5) is 19.3. The molecule has 0 unspecified atom stereocenters. The predicted molar refractivity (Wildman–Crippen MR) is 128 cm³/mol. The highest BCUT2D eigenvalue weighted by atomic mass is 127. The van der Waals surface area contributed by atoms with Crippen LogP contribution in [-0.4, -0.2) is 45.3 Å². The number of fused-ring (bicyclic) bond motifs is 1. The minimum absolute atomic E-state index is 0. The fraction of sp³-hybridized carbons (Fsp3) is 0.571. The van der Waals surface area contributed by atoms with E-state index >= 15 is 0 Å². The molecule has 0 spiro atoms. The van der Waals surface area contributed by atoms with Crippen molar-refractivity contribution in [2.45, 2.75) is 59.2 Å². The number of benzene rings is 1. The van der Waals surface area contributed by atoms with E-state index in [0.29, 0.717) is 13.1 Å². The van der Waals surface area contributed by atoms with Crippen molar-refractivity contribution in [1.29, 1.82) is 0 Å². The molecule has 1 aromatic carbocycles. The average Bonchev–Trinajstić information content (AvgIpc) is 3.02. The summed E-state index contributed by atoms with van der Waals surface area (Å²) >= 11 is 0. The van der Waals surface area contributed by atoms with Crippen LogP contribution in [-0.2, 0) is 26.1 Å². The van der Waals surface area contributed by atoms with Crippen LogP contribution in [0.25, 0.3) is 0 Å². The number of hydrogen-bond donors (Lipinski definition) is 1. The van der Waals surface area contributed by atoms with E-state index in [1.807, 2.05) is 4.57 Å². The first kappa shape index (κ1) is 23.4. The summed E-state index contributed by atoms with van der Waals surface area (Å²) in [7, 11) is 2.05. The van der Waals surface area contributed by atoms with Gasteiger partial charge < -0.3 is 10.2 Å². The highest BCUT2D eigenvalue weighted by molar-refractivity contribution is 14.0. The molecule has 0 amide bonds. The Kier molecular flexibility index (Phi) is 9.19. The second-order valence-electron chi connectivity index (χ2n) is 7.46. The minimum Gasteiger partial charge on any atom is -0.357 e. The van der Waals surface area contributed by atoms with Gasteiger partial charge in [-0.25, -0.2) is 9.48 Å². The summed E-state index contributed by atoms with van der Waals surface area (Å²) in [6.45, 7) is 7.88. The molecular formula is C21H33IN6O. The first-order valence-electron chi connectivity index (χ1n) is 10.3. The molecule has 3 rings (SSSR count). The van der Waals surface area contributed by atoms with Crippen molar-refractivity contribution in [2.24, 2.45) is 4.99 Å². The van der Waals surface area contributed by atoms with E-state index in [2.05, 4.69) is 60.5 Å². The number of rotatable bonds is 7. The zero-order valence-electron chi connectivity index (χ0n) is 17.7. The van der Waals surface area contributed by atoms with Gasteiger partial charge in [0.1, 0.15) is 5.82 Å². The quantitative estimate of drug-likeness (QED) is 0.268. The Bertz CT molecular complexity index is 855. The number of guanidine groups is 1. The van der Waals surface area contributed by atoms with Crippen molar-refractivity contribution in [3.8, 4) is 0 Å². The highest BCUT2D eigenvalue weighted by Gasteiger charge is 2.16. The van der Waals surface area contributed by atoms with E-state index in [4.69, 9.17) is 4.99 Å². The van der Waals surface area contributed by atoms with Crippen LogP contribution in [0.2, 0.25) is 0 Å². The second-order valence-corrected chi connectivity index (χ2v) is 7.46. The molecule has 0 saturated carbocycles. The Balaban J connectivity index is 0.00000300. The van der Waals surface area contributed by atoms with Crippen LogP contribution in [0, 0.1) is 6.92 Å². The van der Waals surface area contributed by atoms with E-state index < -0.39 is 0 Å². The topological polar surface area (TPSA) is 67.5 Å². The first-order valence-corrected chi connectivity index (χ1v) is 10.3. The van der Waals surface area contributed by atoms with E-state index in [9.17, 15) is 4.79 Å². The lowest BCUT2D eigenvalue weighted by molar-refractivity contribution is 0.474. The Hall–Kier alpha value is -1.84. The molecule has 0 bridgehead atoms. The van der Waals surface area contributed by atoms with Gasteiger partial charge in [0.25, 0.3) is 0 Å². The highest BCUT2D eigenvalue weighted by Crippen LogP contribution is 2.09. The minimum atomic E-state index is 0. The maximum Gasteiger partial charge on any atom is 0.345 e. The summed E-state index contributed by atoms with van der Waals surface area (Å²) in [6.07, 6.45) is 3.90.